The third kappa shape index (κ3) is 3.67. The number of nitrogens with zero attached hydrogens (tertiary/aromatic N) is 2. The van der Waals surface area contributed by atoms with Crippen LogP contribution in [0.5, 0.6) is 0 Å². The van der Waals surface area contributed by atoms with Crippen LogP contribution in [-0.4, -0.2) is 22.8 Å². The molecule has 0 saturated carbocycles. The van der Waals surface area contributed by atoms with Crippen molar-refractivity contribution in [2.24, 2.45) is 0 Å². The van der Waals surface area contributed by atoms with Gasteiger partial charge in [-0.25, -0.2) is 9.97 Å². The zero-order valence-electron chi connectivity index (χ0n) is 13.0. The van der Waals surface area contributed by atoms with Crippen molar-refractivity contribution in [3.8, 4) is 0 Å². The molecule has 0 amide bonds. The smallest absolute Gasteiger partial charge is 0.139 e. The minimum absolute atomic E-state index is 0.337. The Hall–Kier alpha value is -1.75. The lowest BCUT2D eigenvalue weighted by molar-refractivity contribution is 0.849. The van der Waals surface area contributed by atoms with Crippen LogP contribution in [0.1, 0.15) is 32.3 Å². The average Bonchev–Trinajstić information content (AvgIpc) is 2.48. The van der Waals surface area contributed by atoms with E-state index in [2.05, 4.69) is 59.8 Å². The molecule has 21 heavy (non-hydrogen) atoms. The number of para-hydroxylation sites is 1. The largest absolute Gasteiger partial charge is 0.370 e. The Morgan fingerprint density at radius 1 is 1.14 bits per heavy atom. The Labute approximate surface area is 130 Å². The van der Waals surface area contributed by atoms with Gasteiger partial charge in [0.15, 0.2) is 0 Å². The molecule has 1 aromatic carbocycles. The predicted octanol–water partition coefficient (Wildman–Crippen LogP) is 4.50. The molecule has 0 aliphatic carbocycles. The van der Waals surface area contributed by atoms with Crippen LogP contribution in [0, 0.1) is 0 Å². The van der Waals surface area contributed by atoms with E-state index in [-0.39, 0.29) is 0 Å². The van der Waals surface area contributed by atoms with E-state index in [1.54, 1.807) is 18.1 Å². The molecule has 112 valence electrons. The molecule has 0 fully saturated rings. The van der Waals surface area contributed by atoms with Crippen molar-refractivity contribution in [3.63, 3.8) is 0 Å². The van der Waals surface area contributed by atoms with Gasteiger partial charge in [0, 0.05) is 17.0 Å². The van der Waals surface area contributed by atoms with Gasteiger partial charge in [-0.2, -0.15) is 0 Å². The molecule has 0 saturated heterocycles. The second-order valence-corrected chi connectivity index (χ2v) is 5.84. The highest BCUT2D eigenvalue weighted by atomic mass is 32.2. The summed E-state index contributed by atoms with van der Waals surface area (Å²) in [4.78, 5) is 10.0. The first-order valence-electron chi connectivity index (χ1n) is 7.16. The molecule has 0 aliphatic heterocycles. The number of rotatable bonds is 6. The summed E-state index contributed by atoms with van der Waals surface area (Å²) in [6.45, 7) is 7.23. The van der Waals surface area contributed by atoms with Gasteiger partial charge in [0.2, 0.25) is 0 Å². The standard InChI is InChI=1S/C16H22N4S/c1-5-17-15-14(11(2)3)16(19-10-18-15)20-12-8-6-7-9-13(12)21-4/h6-11H,5H2,1-4H3,(H2,17,18,19,20). The van der Waals surface area contributed by atoms with Crippen molar-refractivity contribution in [1.82, 2.24) is 9.97 Å². The van der Waals surface area contributed by atoms with E-state index < -0.39 is 0 Å². The zero-order chi connectivity index (χ0) is 15.2. The normalized spacial score (nSPS) is 10.7. The number of anilines is 3. The number of benzene rings is 1. The molecule has 0 spiro atoms. The van der Waals surface area contributed by atoms with Gasteiger partial charge in [-0.05, 0) is 31.2 Å². The van der Waals surface area contributed by atoms with Gasteiger partial charge < -0.3 is 10.6 Å². The van der Waals surface area contributed by atoms with Crippen LogP contribution in [0.2, 0.25) is 0 Å². The molecular weight excluding hydrogens is 280 g/mol. The molecule has 2 aromatic rings. The minimum atomic E-state index is 0.337. The summed E-state index contributed by atoms with van der Waals surface area (Å²) in [7, 11) is 0. The van der Waals surface area contributed by atoms with Crippen LogP contribution in [0.15, 0.2) is 35.5 Å². The van der Waals surface area contributed by atoms with Crippen molar-refractivity contribution in [1.29, 1.82) is 0 Å². The Morgan fingerprint density at radius 2 is 1.86 bits per heavy atom. The second kappa shape index (κ2) is 7.31. The van der Waals surface area contributed by atoms with Crippen molar-refractivity contribution in [2.45, 2.75) is 31.6 Å². The van der Waals surface area contributed by atoms with Crippen LogP contribution in [0.4, 0.5) is 17.3 Å². The van der Waals surface area contributed by atoms with E-state index in [0.29, 0.717) is 5.92 Å². The molecule has 0 radical (unpaired) electrons. The Morgan fingerprint density at radius 3 is 2.52 bits per heavy atom. The van der Waals surface area contributed by atoms with E-state index >= 15 is 0 Å². The summed E-state index contributed by atoms with van der Waals surface area (Å²) in [5.41, 5.74) is 2.20. The van der Waals surface area contributed by atoms with Crippen LogP contribution in [0.3, 0.4) is 0 Å². The Kier molecular flexibility index (Phi) is 5.44. The molecule has 0 unspecified atom stereocenters. The molecule has 0 bridgehead atoms. The minimum Gasteiger partial charge on any atom is -0.370 e. The van der Waals surface area contributed by atoms with Crippen LogP contribution < -0.4 is 10.6 Å². The highest BCUT2D eigenvalue weighted by molar-refractivity contribution is 7.98. The van der Waals surface area contributed by atoms with Gasteiger partial charge in [-0.15, -0.1) is 11.8 Å². The molecule has 1 heterocycles. The van der Waals surface area contributed by atoms with Crippen LogP contribution in [-0.2, 0) is 0 Å². The van der Waals surface area contributed by atoms with Crippen molar-refractivity contribution < 1.29 is 0 Å². The SMILES string of the molecule is CCNc1ncnc(Nc2ccccc2SC)c1C(C)C. The maximum absolute atomic E-state index is 4.44. The van der Waals surface area contributed by atoms with Gasteiger partial charge in [0.25, 0.3) is 0 Å². The van der Waals surface area contributed by atoms with E-state index in [9.17, 15) is 0 Å². The summed E-state index contributed by atoms with van der Waals surface area (Å²) >= 11 is 1.72. The molecule has 0 atom stereocenters. The maximum atomic E-state index is 4.44. The summed E-state index contributed by atoms with van der Waals surface area (Å²) in [6, 6.07) is 8.26. The first kappa shape index (κ1) is 15.6. The Balaban J connectivity index is 2.41. The summed E-state index contributed by atoms with van der Waals surface area (Å²) in [5.74, 6) is 2.12. The summed E-state index contributed by atoms with van der Waals surface area (Å²) < 4.78 is 0. The van der Waals surface area contributed by atoms with E-state index in [4.69, 9.17) is 0 Å². The lowest BCUT2D eigenvalue weighted by atomic mass is 10.0. The number of aromatic nitrogens is 2. The monoisotopic (exact) mass is 302 g/mol. The van der Waals surface area contributed by atoms with Crippen molar-refractivity contribution >= 4 is 29.1 Å². The third-order valence-electron chi connectivity index (χ3n) is 3.17. The maximum Gasteiger partial charge on any atom is 0.139 e. The third-order valence-corrected chi connectivity index (χ3v) is 3.96. The fraction of sp³-hybridized carbons (Fsp3) is 0.375. The molecule has 0 aliphatic rings. The molecule has 5 heteroatoms. The van der Waals surface area contributed by atoms with Gasteiger partial charge in [-0.3, -0.25) is 0 Å². The topological polar surface area (TPSA) is 49.8 Å². The van der Waals surface area contributed by atoms with E-state index in [1.807, 2.05) is 12.1 Å². The first-order valence-corrected chi connectivity index (χ1v) is 8.38. The van der Waals surface area contributed by atoms with Gasteiger partial charge in [0.05, 0.1) is 5.69 Å². The highest BCUT2D eigenvalue weighted by Crippen LogP contribution is 2.33. The highest BCUT2D eigenvalue weighted by Gasteiger charge is 2.15. The predicted molar refractivity (Wildman–Crippen MR) is 91.8 cm³/mol. The first-order chi connectivity index (χ1) is 10.2. The quantitative estimate of drug-likeness (QED) is 0.770. The second-order valence-electron chi connectivity index (χ2n) is 4.99. The number of hydrogen-bond acceptors (Lipinski definition) is 5. The van der Waals surface area contributed by atoms with Gasteiger partial charge in [-0.1, -0.05) is 26.0 Å². The number of nitrogens with one attached hydrogen (secondary N) is 2. The fourth-order valence-electron chi connectivity index (χ4n) is 2.23. The lowest BCUT2D eigenvalue weighted by Gasteiger charge is -2.18. The number of thioether (sulfide) groups is 1. The van der Waals surface area contributed by atoms with E-state index in [0.717, 1.165) is 29.4 Å². The summed E-state index contributed by atoms with van der Waals surface area (Å²) in [5, 5.41) is 6.78. The fourth-order valence-corrected chi connectivity index (χ4v) is 2.78. The molecule has 4 nitrogen and oxygen atoms in total. The van der Waals surface area contributed by atoms with Gasteiger partial charge >= 0.3 is 0 Å². The molecule has 2 N–H and O–H groups in total. The summed E-state index contributed by atoms with van der Waals surface area (Å²) in [6.07, 6.45) is 3.68. The average molecular weight is 302 g/mol. The van der Waals surface area contributed by atoms with Gasteiger partial charge in [0.1, 0.15) is 18.0 Å². The molecule has 2 rings (SSSR count). The molecule has 1 aromatic heterocycles. The number of hydrogen-bond donors (Lipinski definition) is 2. The Bertz CT molecular complexity index is 599. The molecular formula is C16H22N4S. The van der Waals surface area contributed by atoms with Crippen LogP contribution in [0.25, 0.3) is 0 Å². The van der Waals surface area contributed by atoms with Crippen molar-refractivity contribution in [2.75, 3.05) is 23.4 Å². The van der Waals surface area contributed by atoms with Crippen LogP contribution >= 0.6 is 11.8 Å². The lowest BCUT2D eigenvalue weighted by Crippen LogP contribution is -2.09. The van der Waals surface area contributed by atoms with E-state index in [1.165, 1.54) is 4.90 Å². The van der Waals surface area contributed by atoms with Crippen molar-refractivity contribution in [3.05, 3.63) is 36.2 Å². The zero-order valence-corrected chi connectivity index (χ0v) is 13.8.